The van der Waals surface area contributed by atoms with Crippen LogP contribution in [0.25, 0.3) is 0 Å². The average Bonchev–Trinajstić information content (AvgIpc) is 3.10. The van der Waals surface area contributed by atoms with Crippen LogP contribution in [0.2, 0.25) is 0 Å². The Kier molecular flexibility index (Phi) is 4.75. The van der Waals surface area contributed by atoms with Crippen molar-refractivity contribution in [3.05, 3.63) is 17.0 Å². The number of carbonyl (C=O) groups excluding carboxylic acids is 1. The molecule has 0 spiro atoms. The number of rotatable bonds is 4. The standard InChI is InChI=1S/C15H24N4O3/c1-10-12(11(2)18-17-10)7-15(20)16-13-8-22-9-14(13)19-3-5-21-6-4-19/h13-14H,3-9H2,1-2H3,(H,16,20)(H,17,18)/t13-,14-/m0/s1. The van der Waals surface area contributed by atoms with E-state index in [-0.39, 0.29) is 18.0 Å². The third-order valence-electron chi connectivity index (χ3n) is 4.53. The summed E-state index contributed by atoms with van der Waals surface area (Å²) in [6, 6.07) is 0.303. The van der Waals surface area contributed by atoms with Gasteiger partial charge in [-0.05, 0) is 13.8 Å². The fourth-order valence-corrected chi connectivity index (χ4v) is 3.20. The van der Waals surface area contributed by atoms with E-state index in [0.29, 0.717) is 19.6 Å². The number of nitrogens with one attached hydrogen (secondary N) is 2. The predicted molar refractivity (Wildman–Crippen MR) is 80.7 cm³/mol. The van der Waals surface area contributed by atoms with E-state index in [1.165, 1.54) is 0 Å². The smallest absolute Gasteiger partial charge is 0.224 e. The van der Waals surface area contributed by atoms with Gasteiger partial charge in [0.1, 0.15) is 0 Å². The first-order chi connectivity index (χ1) is 10.6. The number of aromatic amines is 1. The summed E-state index contributed by atoms with van der Waals surface area (Å²) in [6.07, 6.45) is 0.362. The summed E-state index contributed by atoms with van der Waals surface area (Å²) in [6.45, 7) is 8.43. The lowest BCUT2D eigenvalue weighted by Crippen LogP contribution is -2.54. The van der Waals surface area contributed by atoms with E-state index in [2.05, 4.69) is 20.4 Å². The molecule has 0 saturated carbocycles. The molecule has 7 nitrogen and oxygen atoms in total. The van der Waals surface area contributed by atoms with Gasteiger partial charge in [-0.2, -0.15) is 5.10 Å². The van der Waals surface area contributed by atoms with Gasteiger partial charge < -0.3 is 14.8 Å². The quantitative estimate of drug-likeness (QED) is 0.804. The molecule has 0 radical (unpaired) electrons. The van der Waals surface area contributed by atoms with Gasteiger partial charge in [0.05, 0.1) is 50.6 Å². The molecule has 2 fully saturated rings. The summed E-state index contributed by atoms with van der Waals surface area (Å²) >= 11 is 0. The van der Waals surface area contributed by atoms with Gasteiger partial charge in [-0.15, -0.1) is 0 Å². The number of carbonyl (C=O) groups is 1. The predicted octanol–water partition coefficient (Wildman–Crippen LogP) is -0.215. The van der Waals surface area contributed by atoms with Gasteiger partial charge in [-0.3, -0.25) is 14.8 Å². The van der Waals surface area contributed by atoms with Gasteiger partial charge in [0.25, 0.3) is 0 Å². The molecule has 0 unspecified atom stereocenters. The molecule has 3 rings (SSSR count). The molecular formula is C15H24N4O3. The lowest BCUT2D eigenvalue weighted by molar-refractivity contribution is -0.121. The van der Waals surface area contributed by atoms with E-state index in [9.17, 15) is 4.79 Å². The van der Waals surface area contributed by atoms with Crippen LogP contribution >= 0.6 is 0 Å². The highest BCUT2D eigenvalue weighted by atomic mass is 16.5. The van der Waals surface area contributed by atoms with Crippen molar-refractivity contribution in [1.29, 1.82) is 0 Å². The number of hydrogen-bond donors (Lipinski definition) is 2. The van der Waals surface area contributed by atoms with Crippen LogP contribution in [0.5, 0.6) is 0 Å². The Balaban J connectivity index is 1.58. The molecule has 0 aromatic carbocycles. The highest BCUT2D eigenvalue weighted by Gasteiger charge is 2.34. The summed E-state index contributed by atoms with van der Waals surface area (Å²) < 4.78 is 11.0. The van der Waals surface area contributed by atoms with E-state index in [4.69, 9.17) is 9.47 Å². The van der Waals surface area contributed by atoms with E-state index in [1.54, 1.807) is 0 Å². The number of morpholine rings is 1. The van der Waals surface area contributed by atoms with Crippen molar-refractivity contribution in [3.8, 4) is 0 Å². The normalized spacial score (nSPS) is 26.3. The molecule has 1 aromatic rings. The maximum Gasteiger partial charge on any atom is 0.224 e. The number of ether oxygens (including phenoxy) is 2. The molecule has 122 valence electrons. The van der Waals surface area contributed by atoms with Crippen LogP contribution < -0.4 is 5.32 Å². The van der Waals surface area contributed by atoms with Gasteiger partial charge in [-0.1, -0.05) is 0 Å². The number of hydrogen-bond acceptors (Lipinski definition) is 5. The number of nitrogens with zero attached hydrogens (tertiary/aromatic N) is 2. The van der Waals surface area contributed by atoms with Gasteiger partial charge in [0.2, 0.25) is 5.91 Å². The molecule has 3 heterocycles. The maximum atomic E-state index is 12.3. The van der Waals surface area contributed by atoms with Crippen molar-refractivity contribution in [3.63, 3.8) is 0 Å². The minimum Gasteiger partial charge on any atom is -0.379 e. The van der Waals surface area contributed by atoms with Gasteiger partial charge in [0, 0.05) is 24.3 Å². The second-order valence-corrected chi connectivity index (χ2v) is 6.02. The minimum atomic E-state index is 0.0290. The number of H-pyrrole nitrogens is 1. The third-order valence-corrected chi connectivity index (χ3v) is 4.53. The molecule has 2 atom stereocenters. The Hall–Kier alpha value is -1.44. The van der Waals surface area contributed by atoms with Crippen molar-refractivity contribution in [1.82, 2.24) is 20.4 Å². The Labute approximate surface area is 130 Å². The number of aromatic nitrogens is 2. The van der Waals surface area contributed by atoms with Crippen LogP contribution in [0.15, 0.2) is 0 Å². The largest absolute Gasteiger partial charge is 0.379 e. The van der Waals surface area contributed by atoms with Crippen LogP contribution in [0.3, 0.4) is 0 Å². The topological polar surface area (TPSA) is 79.5 Å². The molecule has 22 heavy (non-hydrogen) atoms. The highest BCUT2D eigenvalue weighted by molar-refractivity contribution is 5.79. The molecule has 2 aliphatic rings. The number of amides is 1. The molecule has 0 bridgehead atoms. The molecule has 1 amide bonds. The van der Waals surface area contributed by atoms with Crippen molar-refractivity contribution < 1.29 is 14.3 Å². The summed E-state index contributed by atoms with van der Waals surface area (Å²) in [5, 5.41) is 10.2. The summed E-state index contributed by atoms with van der Waals surface area (Å²) in [7, 11) is 0. The second kappa shape index (κ2) is 6.76. The second-order valence-electron chi connectivity index (χ2n) is 6.02. The summed E-state index contributed by atoms with van der Waals surface area (Å²) in [5.41, 5.74) is 2.83. The fourth-order valence-electron chi connectivity index (χ4n) is 3.20. The SMILES string of the molecule is Cc1n[nH]c(C)c1CC(=O)N[C@H]1COC[C@@H]1N1CCOCC1. The van der Waals surface area contributed by atoms with Crippen LogP contribution in [0, 0.1) is 13.8 Å². The van der Waals surface area contributed by atoms with E-state index in [1.807, 2.05) is 13.8 Å². The minimum absolute atomic E-state index is 0.0290. The van der Waals surface area contributed by atoms with Gasteiger partial charge >= 0.3 is 0 Å². The number of aryl methyl sites for hydroxylation is 2. The lowest BCUT2D eigenvalue weighted by Gasteiger charge is -2.34. The Morgan fingerprint density at radius 3 is 2.77 bits per heavy atom. The molecule has 2 N–H and O–H groups in total. The monoisotopic (exact) mass is 308 g/mol. The van der Waals surface area contributed by atoms with Crippen LogP contribution in [-0.4, -0.2) is 72.6 Å². The molecule has 1 aromatic heterocycles. The van der Waals surface area contributed by atoms with E-state index >= 15 is 0 Å². The van der Waals surface area contributed by atoms with Gasteiger partial charge in [-0.25, -0.2) is 0 Å². The van der Waals surface area contributed by atoms with Crippen molar-refractivity contribution in [2.75, 3.05) is 39.5 Å². The third kappa shape index (κ3) is 3.31. The zero-order valence-electron chi connectivity index (χ0n) is 13.2. The molecule has 2 saturated heterocycles. The first-order valence-electron chi connectivity index (χ1n) is 7.84. The first kappa shape index (κ1) is 15.5. The zero-order chi connectivity index (χ0) is 15.5. The van der Waals surface area contributed by atoms with Crippen LogP contribution in [-0.2, 0) is 20.7 Å². The summed E-state index contributed by atoms with van der Waals surface area (Å²) in [4.78, 5) is 14.7. The van der Waals surface area contributed by atoms with E-state index in [0.717, 1.165) is 43.3 Å². The molecule has 0 aliphatic carbocycles. The Morgan fingerprint density at radius 2 is 2.09 bits per heavy atom. The van der Waals surface area contributed by atoms with Crippen molar-refractivity contribution in [2.45, 2.75) is 32.4 Å². The maximum absolute atomic E-state index is 12.3. The zero-order valence-corrected chi connectivity index (χ0v) is 13.2. The summed E-state index contributed by atoms with van der Waals surface area (Å²) in [5.74, 6) is 0.0290. The molecule has 7 heteroatoms. The van der Waals surface area contributed by atoms with Crippen LogP contribution in [0.1, 0.15) is 17.0 Å². The van der Waals surface area contributed by atoms with E-state index < -0.39 is 0 Å². The molecule has 2 aliphatic heterocycles. The first-order valence-corrected chi connectivity index (χ1v) is 7.84. The van der Waals surface area contributed by atoms with Gasteiger partial charge in [0.15, 0.2) is 0 Å². The van der Waals surface area contributed by atoms with Crippen LogP contribution in [0.4, 0.5) is 0 Å². The Bertz CT molecular complexity index is 505. The van der Waals surface area contributed by atoms with Crippen molar-refractivity contribution >= 4 is 5.91 Å². The highest BCUT2D eigenvalue weighted by Crippen LogP contribution is 2.16. The molecular weight excluding hydrogens is 284 g/mol. The lowest BCUT2D eigenvalue weighted by atomic mass is 10.1. The van der Waals surface area contributed by atoms with Crippen molar-refractivity contribution in [2.24, 2.45) is 0 Å². The fraction of sp³-hybridized carbons (Fsp3) is 0.733. The average molecular weight is 308 g/mol. The Morgan fingerprint density at radius 1 is 1.32 bits per heavy atom.